The number of aliphatic hydroxyl groups is 1. The van der Waals surface area contributed by atoms with Crippen LogP contribution in [-0.4, -0.2) is 47.5 Å². The van der Waals surface area contributed by atoms with Crippen molar-refractivity contribution in [1.82, 2.24) is 4.90 Å². The van der Waals surface area contributed by atoms with Gasteiger partial charge in [-0.15, -0.1) is 11.3 Å². The Hall–Kier alpha value is -1.66. The van der Waals surface area contributed by atoms with Crippen molar-refractivity contribution < 1.29 is 14.9 Å². The number of hydrogen-bond acceptors (Lipinski definition) is 5. The molecule has 0 bridgehead atoms. The zero-order valence-corrected chi connectivity index (χ0v) is 14.4. The summed E-state index contributed by atoms with van der Waals surface area (Å²) < 4.78 is 5.58. The molecule has 2 N–H and O–H groups in total. The molecule has 4 nitrogen and oxygen atoms in total. The lowest BCUT2D eigenvalue weighted by molar-refractivity contribution is 0.0123. The van der Waals surface area contributed by atoms with Crippen LogP contribution in [0.25, 0.3) is 5.57 Å². The molecular formula is C19H23NO3S. The van der Waals surface area contributed by atoms with Crippen molar-refractivity contribution in [3.63, 3.8) is 0 Å². The number of β-amino-alcohol motifs (C(OH)–C–C–N with tert-alkyl or cyclic N) is 1. The van der Waals surface area contributed by atoms with Crippen LogP contribution in [0, 0.1) is 0 Å². The normalized spacial score (nSPS) is 16.8. The van der Waals surface area contributed by atoms with Crippen LogP contribution in [-0.2, 0) is 11.3 Å². The third kappa shape index (κ3) is 4.92. The van der Waals surface area contributed by atoms with E-state index in [0.717, 1.165) is 25.1 Å². The van der Waals surface area contributed by atoms with Gasteiger partial charge in [-0.2, -0.15) is 0 Å². The number of hydrogen-bond donors (Lipinski definition) is 2. The van der Waals surface area contributed by atoms with Crippen molar-refractivity contribution in [3.8, 4) is 5.75 Å². The van der Waals surface area contributed by atoms with Gasteiger partial charge in [0.15, 0.2) is 0 Å². The monoisotopic (exact) mass is 345 g/mol. The quantitative estimate of drug-likeness (QED) is 0.810. The average molecular weight is 345 g/mol. The van der Waals surface area contributed by atoms with Crippen molar-refractivity contribution >= 4 is 16.9 Å². The molecule has 0 spiro atoms. The number of phenols is 1. The van der Waals surface area contributed by atoms with E-state index in [-0.39, 0.29) is 0 Å². The van der Waals surface area contributed by atoms with E-state index in [1.54, 1.807) is 23.5 Å². The van der Waals surface area contributed by atoms with Crippen LogP contribution in [0.5, 0.6) is 5.75 Å². The first-order valence-corrected chi connectivity index (χ1v) is 9.07. The van der Waals surface area contributed by atoms with Crippen LogP contribution in [0.15, 0.2) is 47.9 Å². The molecule has 2 aromatic rings. The van der Waals surface area contributed by atoms with E-state index in [9.17, 15) is 10.2 Å². The molecule has 0 fully saturated rings. The fraction of sp³-hybridized carbons (Fsp3) is 0.368. The van der Waals surface area contributed by atoms with E-state index < -0.39 is 6.10 Å². The van der Waals surface area contributed by atoms with Crippen molar-refractivity contribution in [3.05, 3.63) is 58.3 Å². The first-order chi connectivity index (χ1) is 11.7. The summed E-state index contributed by atoms with van der Waals surface area (Å²) in [4.78, 5) is 3.42. The highest BCUT2D eigenvalue weighted by molar-refractivity contribution is 7.09. The highest BCUT2D eigenvalue weighted by atomic mass is 32.1. The van der Waals surface area contributed by atoms with Crippen LogP contribution in [0.2, 0.25) is 0 Å². The average Bonchev–Trinajstić information content (AvgIpc) is 3.10. The Kier molecular flexibility index (Phi) is 6.04. The second kappa shape index (κ2) is 8.44. The van der Waals surface area contributed by atoms with E-state index in [1.165, 1.54) is 10.5 Å². The SMILES string of the molecule is Oc1ccc(C2=CCN(C[C@@H](O)COCc3cccs3)CC2)cc1. The number of phenolic OH excluding ortho intramolecular Hbond substituents is 1. The fourth-order valence-corrected chi connectivity index (χ4v) is 3.50. The van der Waals surface area contributed by atoms with Gasteiger partial charge in [0.25, 0.3) is 0 Å². The summed E-state index contributed by atoms with van der Waals surface area (Å²) in [7, 11) is 0. The number of aliphatic hydroxyl groups excluding tert-OH is 1. The molecule has 1 atom stereocenters. The maximum Gasteiger partial charge on any atom is 0.115 e. The van der Waals surface area contributed by atoms with Gasteiger partial charge in [0, 0.05) is 24.5 Å². The summed E-state index contributed by atoms with van der Waals surface area (Å²) in [6.07, 6.45) is 2.69. The summed E-state index contributed by atoms with van der Waals surface area (Å²) in [5, 5.41) is 21.5. The van der Waals surface area contributed by atoms with Gasteiger partial charge < -0.3 is 14.9 Å². The van der Waals surface area contributed by atoms with Gasteiger partial charge in [-0.1, -0.05) is 24.3 Å². The van der Waals surface area contributed by atoms with Crippen LogP contribution in [0.1, 0.15) is 16.9 Å². The van der Waals surface area contributed by atoms with E-state index in [4.69, 9.17) is 4.74 Å². The smallest absolute Gasteiger partial charge is 0.115 e. The maximum atomic E-state index is 10.1. The Morgan fingerprint density at radius 1 is 1.21 bits per heavy atom. The van der Waals surface area contributed by atoms with Crippen molar-refractivity contribution in [2.45, 2.75) is 19.1 Å². The standard InChI is InChI=1S/C19H23NO3S/c21-17-5-3-15(4-6-17)16-7-9-20(10-8-16)12-18(22)13-23-14-19-2-1-11-24-19/h1-7,11,18,21-22H,8-10,12-14H2/t18-/m1/s1. The highest BCUT2D eigenvalue weighted by Gasteiger charge is 2.16. The summed E-state index contributed by atoms with van der Waals surface area (Å²) in [5.41, 5.74) is 2.46. The number of ether oxygens (including phenoxy) is 1. The van der Waals surface area contributed by atoms with Crippen LogP contribution >= 0.6 is 11.3 Å². The van der Waals surface area contributed by atoms with Crippen LogP contribution in [0.3, 0.4) is 0 Å². The molecule has 0 saturated carbocycles. The lowest BCUT2D eigenvalue weighted by atomic mass is 9.99. The van der Waals surface area contributed by atoms with Crippen LogP contribution in [0.4, 0.5) is 0 Å². The summed E-state index contributed by atoms with van der Waals surface area (Å²) in [6.45, 7) is 3.32. The minimum absolute atomic E-state index is 0.294. The van der Waals surface area contributed by atoms with Gasteiger partial charge in [0.05, 0.1) is 19.3 Å². The molecule has 1 aliphatic heterocycles. The Morgan fingerprint density at radius 2 is 2.04 bits per heavy atom. The molecule has 1 aromatic carbocycles. The second-order valence-electron chi connectivity index (χ2n) is 6.03. The summed E-state index contributed by atoms with van der Waals surface area (Å²) in [5.74, 6) is 0.294. The predicted octanol–water partition coefficient (Wildman–Crippen LogP) is 3.12. The first kappa shape index (κ1) is 17.2. The van der Waals surface area contributed by atoms with Crippen molar-refractivity contribution in [2.75, 3.05) is 26.2 Å². The minimum atomic E-state index is -0.464. The number of thiophene rings is 1. The molecule has 1 aliphatic rings. The van der Waals surface area contributed by atoms with E-state index in [1.807, 2.05) is 29.6 Å². The zero-order valence-electron chi connectivity index (χ0n) is 13.6. The molecule has 0 unspecified atom stereocenters. The van der Waals surface area contributed by atoms with Gasteiger partial charge in [0.1, 0.15) is 5.75 Å². The lowest BCUT2D eigenvalue weighted by Crippen LogP contribution is -2.37. The number of rotatable bonds is 7. The molecule has 0 saturated heterocycles. The summed E-state index contributed by atoms with van der Waals surface area (Å²) >= 11 is 1.67. The van der Waals surface area contributed by atoms with Gasteiger partial charge >= 0.3 is 0 Å². The molecule has 128 valence electrons. The molecule has 0 aliphatic carbocycles. The largest absolute Gasteiger partial charge is 0.508 e. The molecular weight excluding hydrogens is 322 g/mol. The molecule has 3 rings (SSSR count). The van der Waals surface area contributed by atoms with Gasteiger partial charge in [0.2, 0.25) is 0 Å². The molecule has 0 amide bonds. The third-order valence-electron chi connectivity index (χ3n) is 4.13. The first-order valence-electron chi connectivity index (χ1n) is 8.19. The minimum Gasteiger partial charge on any atom is -0.508 e. The maximum absolute atomic E-state index is 10.1. The molecule has 2 heterocycles. The molecule has 1 aromatic heterocycles. The number of nitrogens with zero attached hydrogens (tertiary/aromatic N) is 1. The van der Waals surface area contributed by atoms with Crippen molar-refractivity contribution in [1.29, 1.82) is 0 Å². The van der Waals surface area contributed by atoms with Gasteiger partial charge in [-0.3, -0.25) is 4.90 Å². The zero-order chi connectivity index (χ0) is 16.8. The molecule has 5 heteroatoms. The van der Waals surface area contributed by atoms with E-state index in [2.05, 4.69) is 11.0 Å². The van der Waals surface area contributed by atoms with E-state index in [0.29, 0.717) is 25.5 Å². The summed E-state index contributed by atoms with van der Waals surface area (Å²) in [6, 6.07) is 11.4. The topological polar surface area (TPSA) is 52.9 Å². The van der Waals surface area contributed by atoms with Crippen LogP contribution < -0.4 is 0 Å². The highest BCUT2D eigenvalue weighted by Crippen LogP contribution is 2.24. The van der Waals surface area contributed by atoms with E-state index >= 15 is 0 Å². The Morgan fingerprint density at radius 3 is 2.71 bits per heavy atom. The lowest BCUT2D eigenvalue weighted by Gasteiger charge is -2.28. The number of benzene rings is 1. The van der Waals surface area contributed by atoms with Gasteiger partial charge in [-0.25, -0.2) is 0 Å². The van der Waals surface area contributed by atoms with Gasteiger partial charge in [-0.05, 0) is 41.1 Å². The number of aromatic hydroxyl groups is 1. The van der Waals surface area contributed by atoms with Crippen molar-refractivity contribution in [2.24, 2.45) is 0 Å². The Labute approximate surface area is 146 Å². The Bertz CT molecular complexity index is 652. The molecule has 0 radical (unpaired) electrons. The predicted molar refractivity (Wildman–Crippen MR) is 97.1 cm³/mol. The fourth-order valence-electron chi connectivity index (χ4n) is 2.86. The Balaban J connectivity index is 1.41. The third-order valence-corrected chi connectivity index (χ3v) is 4.98. The molecule has 24 heavy (non-hydrogen) atoms. The second-order valence-corrected chi connectivity index (χ2v) is 7.07.